The fourth-order valence-electron chi connectivity index (χ4n) is 3.58. The number of hydrogen-bond acceptors (Lipinski definition) is 5. The Morgan fingerprint density at radius 3 is 2.62 bits per heavy atom. The first-order valence-electron chi connectivity index (χ1n) is 10.7. The number of benzene rings is 2. The normalized spacial score (nSPS) is 15.8. The highest BCUT2D eigenvalue weighted by Gasteiger charge is 2.32. The molecule has 174 valence electrons. The van der Waals surface area contributed by atoms with E-state index in [1.807, 2.05) is 12.1 Å². The number of nitrogens with one attached hydrogen (secondary N) is 1. The highest BCUT2D eigenvalue weighted by Crippen LogP contribution is 2.29. The molecule has 8 nitrogen and oxygen atoms in total. The summed E-state index contributed by atoms with van der Waals surface area (Å²) in [6.45, 7) is 2.26. The van der Waals surface area contributed by atoms with E-state index in [9.17, 15) is 14.0 Å². The van der Waals surface area contributed by atoms with Gasteiger partial charge in [0, 0.05) is 30.4 Å². The standard InChI is InChI=1S/C25H24FN5O3/c1-16(32)29-14-21-15-31(25(33)34-21)20-6-7-22(23(26)12-20)18-2-4-19(5-3-18)24(27)30-13-17-8-10-28-11-9-17/h2-12,21H,13-15H2,1H3,(H2,27,30)(H,29,32)/t21-/m0/s1. The van der Waals surface area contributed by atoms with Crippen LogP contribution in [0.2, 0.25) is 0 Å². The molecule has 1 atom stereocenters. The summed E-state index contributed by atoms with van der Waals surface area (Å²) in [7, 11) is 0. The molecule has 0 aliphatic carbocycles. The summed E-state index contributed by atoms with van der Waals surface area (Å²) in [6.07, 6.45) is 2.34. The molecule has 1 aliphatic heterocycles. The predicted molar refractivity (Wildman–Crippen MR) is 127 cm³/mol. The number of pyridine rings is 1. The van der Waals surface area contributed by atoms with Crippen molar-refractivity contribution < 1.29 is 18.7 Å². The van der Waals surface area contributed by atoms with Crippen molar-refractivity contribution in [2.75, 3.05) is 18.0 Å². The Hall–Kier alpha value is -4.27. The number of aromatic nitrogens is 1. The zero-order chi connectivity index (χ0) is 24.1. The highest BCUT2D eigenvalue weighted by atomic mass is 19.1. The quantitative estimate of drug-likeness (QED) is 0.415. The van der Waals surface area contributed by atoms with Crippen LogP contribution in [0, 0.1) is 5.82 Å². The van der Waals surface area contributed by atoms with Crippen LogP contribution < -0.4 is 16.0 Å². The first kappa shape index (κ1) is 22.9. The molecule has 0 spiro atoms. The number of amidine groups is 1. The summed E-state index contributed by atoms with van der Waals surface area (Å²) < 4.78 is 20.2. The zero-order valence-corrected chi connectivity index (χ0v) is 18.6. The van der Waals surface area contributed by atoms with E-state index in [4.69, 9.17) is 10.5 Å². The van der Waals surface area contributed by atoms with Crippen LogP contribution in [0.15, 0.2) is 72.0 Å². The second-order valence-corrected chi connectivity index (χ2v) is 7.85. The lowest BCUT2D eigenvalue weighted by molar-refractivity contribution is -0.119. The smallest absolute Gasteiger partial charge is 0.414 e. The molecule has 1 aliphatic rings. The van der Waals surface area contributed by atoms with Crippen LogP contribution >= 0.6 is 0 Å². The van der Waals surface area contributed by atoms with E-state index in [-0.39, 0.29) is 19.0 Å². The molecule has 3 N–H and O–H groups in total. The van der Waals surface area contributed by atoms with E-state index >= 15 is 0 Å². The molecule has 1 aromatic heterocycles. The van der Waals surface area contributed by atoms with Crippen molar-refractivity contribution in [1.82, 2.24) is 10.3 Å². The van der Waals surface area contributed by atoms with E-state index in [0.717, 1.165) is 11.1 Å². The maximum Gasteiger partial charge on any atom is 0.414 e. The minimum absolute atomic E-state index is 0.208. The van der Waals surface area contributed by atoms with Crippen LogP contribution in [0.3, 0.4) is 0 Å². The minimum Gasteiger partial charge on any atom is -0.442 e. The maximum atomic E-state index is 14.9. The van der Waals surface area contributed by atoms with Crippen LogP contribution in [0.4, 0.5) is 14.9 Å². The second-order valence-electron chi connectivity index (χ2n) is 7.85. The summed E-state index contributed by atoms with van der Waals surface area (Å²) in [4.78, 5) is 33.0. The van der Waals surface area contributed by atoms with E-state index in [0.29, 0.717) is 29.2 Å². The Balaban J connectivity index is 1.45. The molecule has 0 saturated carbocycles. The predicted octanol–water partition coefficient (Wildman–Crippen LogP) is 3.25. The SMILES string of the molecule is CC(=O)NC[C@H]1CN(c2ccc(-c3ccc(C(N)=NCc4ccncc4)cc3)c(F)c2)C(=O)O1. The number of carbonyl (C=O) groups is 2. The topological polar surface area (TPSA) is 110 Å². The number of nitrogens with two attached hydrogens (primary N) is 1. The number of carbonyl (C=O) groups excluding carboxylic acids is 2. The van der Waals surface area contributed by atoms with Gasteiger partial charge in [-0.25, -0.2) is 9.18 Å². The third kappa shape index (κ3) is 5.37. The first-order chi connectivity index (χ1) is 16.4. The maximum absolute atomic E-state index is 14.9. The van der Waals surface area contributed by atoms with Crippen molar-refractivity contribution in [3.63, 3.8) is 0 Å². The molecule has 3 aromatic rings. The number of aliphatic imine (C=N–C) groups is 1. The number of nitrogens with zero attached hydrogens (tertiary/aromatic N) is 3. The zero-order valence-electron chi connectivity index (χ0n) is 18.6. The van der Waals surface area contributed by atoms with Gasteiger partial charge in [-0.05, 0) is 41.5 Å². The Morgan fingerprint density at radius 2 is 1.94 bits per heavy atom. The van der Waals surface area contributed by atoms with Gasteiger partial charge in [0.05, 0.1) is 25.3 Å². The molecule has 4 rings (SSSR count). The van der Waals surface area contributed by atoms with Crippen molar-refractivity contribution in [3.05, 3.63) is 83.9 Å². The van der Waals surface area contributed by atoms with E-state index < -0.39 is 18.0 Å². The van der Waals surface area contributed by atoms with Crippen molar-refractivity contribution in [2.24, 2.45) is 10.7 Å². The van der Waals surface area contributed by atoms with Crippen LogP contribution in [0.5, 0.6) is 0 Å². The molecule has 34 heavy (non-hydrogen) atoms. The second kappa shape index (κ2) is 10.1. The van der Waals surface area contributed by atoms with Gasteiger partial charge in [-0.15, -0.1) is 0 Å². The molecule has 2 aromatic carbocycles. The lowest BCUT2D eigenvalue weighted by Gasteiger charge is -2.14. The molecule has 0 unspecified atom stereocenters. The summed E-state index contributed by atoms with van der Waals surface area (Å²) >= 11 is 0. The fourth-order valence-corrected chi connectivity index (χ4v) is 3.58. The average molecular weight is 461 g/mol. The average Bonchev–Trinajstić information content (AvgIpc) is 3.22. The number of ether oxygens (including phenoxy) is 1. The molecular formula is C25H24FN5O3. The minimum atomic E-state index is -0.576. The first-order valence-corrected chi connectivity index (χ1v) is 10.7. The van der Waals surface area contributed by atoms with Crippen LogP contribution in [0.25, 0.3) is 11.1 Å². The van der Waals surface area contributed by atoms with Crippen molar-refractivity contribution in [1.29, 1.82) is 0 Å². The Morgan fingerprint density at radius 1 is 1.21 bits per heavy atom. The summed E-state index contributed by atoms with van der Waals surface area (Å²) in [5.74, 6) is -0.291. The van der Waals surface area contributed by atoms with Gasteiger partial charge in [-0.2, -0.15) is 0 Å². The van der Waals surface area contributed by atoms with Crippen LogP contribution in [-0.4, -0.2) is 42.0 Å². The molecule has 2 amide bonds. The largest absolute Gasteiger partial charge is 0.442 e. The third-order valence-electron chi connectivity index (χ3n) is 5.39. The molecule has 0 bridgehead atoms. The van der Waals surface area contributed by atoms with Gasteiger partial charge < -0.3 is 15.8 Å². The Bertz CT molecular complexity index is 1210. The number of anilines is 1. The molecule has 2 heterocycles. The fraction of sp³-hybridized carbons (Fsp3) is 0.200. The van der Waals surface area contributed by atoms with Gasteiger partial charge in [0.25, 0.3) is 0 Å². The van der Waals surface area contributed by atoms with Gasteiger partial charge >= 0.3 is 6.09 Å². The molecular weight excluding hydrogens is 437 g/mol. The summed E-state index contributed by atoms with van der Waals surface area (Å²) in [5.41, 5.74) is 9.29. The molecule has 1 fully saturated rings. The lowest BCUT2D eigenvalue weighted by Crippen LogP contribution is -2.33. The molecule has 1 saturated heterocycles. The Labute approximate surface area is 196 Å². The third-order valence-corrected chi connectivity index (χ3v) is 5.39. The highest BCUT2D eigenvalue weighted by molar-refractivity contribution is 5.98. The number of hydrogen-bond donors (Lipinski definition) is 2. The monoisotopic (exact) mass is 461 g/mol. The Kier molecular flexibility index (Phi) is 6.82. The van der Waals surface area contributed by atoms with Gasteiger partial charge in [0.1, 0.15) is 17.8 Å². The number of rotatable bonds is 7. The van der Waals surface area contributed by atoms with Gasteiger partial charge in [-0.1, -0.05) is 24.3 Å². The van der Waals surface area contributed by atoms with E-state index in [1.165, 1.54) is 17.9 Å². The lowest BCUT2D eigenvalue weighted by atomic mass is 10.0. The number of halogens is 1. The van der Waals surface area contributed by atoms with Crippen molar-refractivity contribution >= 4 is 23.5 Å². The van der Waals surface area contributed by atoms with Gasteiger partial charge in [0.15, 0.2) is 0 Å². The van der Waals surface area contributed by atoms with Crippen LogP contribution in [-0.2, 0) is 16.1 Å². The molecule has 0 radical (unpaired) electrons. The van der Waals surface area contributed by atoms with Crippen LogP contribution in [0.1, 0.15) is 18.1 Å². The van der Waals surface area contributed by atoms with E-state index in [2.05, 4.69) is 15.3 Å². The summed E-state index contributed by atoms with van der Waals surface area (Å²) in [5, 5.41) is 2.61. The summed E-state index contributed by atoms with van der Waals surface area (Å²) in [6, 6.07) is 15.5. The van der Waals surface area contributed by atoms with Gasteiger partial charge in [-0.3, -0.25) is 19.7 Å². The number of amides is 2. The number of cyclic esters (lactones) is 1. The van der Waals surface area contributed by atoms with E-state index in [1.54, 1.807) is 48.8 Å². The van der Waals surface area contributed by atoms with Crippen molar-refractivity contribution in [3.8, 4) is 11.1 Å². The van der Waals surface area contributed by atoms with Gasteiger partial charge in [0.2, 0.25) is 5.91 Å². The van der Waals surface area contributed by atoms with Crippen molar-refractivity contribution in [2.45, 2.75) is 19.6 Å². The molecule has 9 heteroatoms.